The van der Waals surface area contributed by atoms with Crippen molar-refractivity contribution >= 4 is 56.9 Å². The third-order valence-electron chi connectivity index (χ3n) is 4.80. The molecule has 4 rings (SSSR count). The summed E-state index contributed by atoms with van der Waals surface area (Å²) in [4.78, 5) is 0. The monoisotopic (exact) mass is 581 g/mol. The molecule has 0 N–H and O–H groups in total. The van der Waals surface area contributed by atoms with Gasteiger partial charge in [0.15, 0.2) is 8.32 Å². The topological polar surface area (TPSA) is 18.5 Å². The Hall–Kier alpha value is -0.553. The molecule has 0 aromatic heterocycles. The fraction of sp³-hybridized carbons (Fsp3) is 0.240. The van der Waals surface area contributed by atoms with Crippen molar-refractivity contribution in [3.8, 4) is 0 Å². The third kappa shape index (κ3) is 8.04. The van der Waals surface area contributed by atoms with Gasteiger partial charge in [0.25, 0.3) is 0 Å². The second-order valence-corrected chi connectivity index (χ2v) is 12.3. The van der Waals surface area contributed by atoms with E-state index in [0.717, 1.165) is 5.76 Å². The molecule has 0 saturated carbocycles. The Morgan fingerprint density at radius 3 is 2.22 bits per heavy atom. The van der Waals surface area contributed by atoms with Crippen LogP contribution in [0.1, 0.15) is 22.6 Å². The molecular weight excluding hydrogens is 551 g/mol. The number of halogens is 2. The molecule has 7 heteroatoms. The molecule has 0 amide bonds. The average Bonchev–Trinajstić information content (AvgIpc) is 3.27. The van der Waals surface area contributed by atoms with Crippen molar-refractivity contribution in [1.82, 2.24) is 0 Å². The van der Waals surface area contributed by atoms with E-state index in [0.29, 0.717) is 13.2 Å². The van der Waals surface area contributed by atoms with E-state index in [1.54, 1.807) is 0 Å². The molecule has 3 aromatic rings. The summed E-state index contributed by atoms with van der Waals surface area (Å²) in [5.74, 6) is 1.19. The van der Waals surface area contributed by atoms with Crippen LogP contribution in [-0.4, -0.2) is 28.4 Å². The van der Waals surface area contributed by atoms with Gasteiger partial charge in [-0.1, -0.05) is 30.3 Å². The van der Waals surface area contributed by atoms with Crippen LogP contribution < -0.4 is 0 Å². The number of ether oxygens (including phenoxy) is 1. The minimum atomic E-state index is -1.50. The van der Waals surface area contributed by atoms with Crippen molar-refractivity contribution in [1.29, 1.82) is 0 Å². The van der Waals surface area contributed by atoms with Crippen LogP contribution in [0.5, 0.6) is 0 Å². The summed E-state index contributed by atoms with van der Waals surface area (Å²) >= 11 is 1.36. The van der Waals surface area contributed by atoms with E-state index in [9.17, 15) is 0 Å². The second kappa shape index (κ2) is 15.4. The summed E-state index contributed by atoms with van der Waals surface area (Å²) in [6.07, 6.45) is 2.19. The molecule has 0 heterocycles. The van der Waals surface area contributed by atoms with E-state index in [4.69, 9.17) is 9.16 Å². The molecule has 1 aliphatic carbocycles. The van der Waals surface area contributed by atoms with Crippen LogP contribution in [0.3, 0.4) is 0 Å². The van der Waals surface area contributed by atoms with E-state index >= 15 is 0 Å². The Kier molecular flexibility index (Phi) is 16.1. The third-order valence-corrected chi connectivity index (χ3v) is 5.87. The van der Waals surface area contributed by atoms with Crippen molar-refractivity contribution < 1.29 is 32.5 Å². The molecule has 0 aliphatic heterocycles. The molecule has 2 radical (unpaired) electrons. The van der Waals surface area contributed by atoms with Gasteiger partial charge in [-0.3, -0.25) is 0 Å². The zero-order valence-corrected chi connectivity index (χ0v) is 25.6. The summed E-state index contributed by atoms with van der Waals surface area (Å²) in [6, 6.07) is 21.6. The van der Waals surface area contributed by atoms with Crippen molar-refractivity contribution in [2.24, 2.45) is 0 Å². The van der Waals surface area contributed by atoms with Crippen LogP contribution in [0.15, 0.2) is 66.4 Å². The van der Waals surface area contributed by atoms with E-state index in [1.807, 2.05) is 0 Å². The van der Waals surface area contributed by atoms with E-state index < -0.39 is 8.32 Å². The van der Waals surface area contributed by atoms with Crippen molar-refractivity contribution in [2.45, 2.75) is 25.6 Å². The molecule has 1 aliphatic rings. The van der Waals surface area contributed by atoms with Gasteiger partial charge in [0.2, 0.25) is 0 Å². The molecule has 0 saturated heterocycles. The number of fused-ring (bicyclic) bond motifs is 2. The Bertz CT molecular complexity index is 983. The van der Waals surface area contributed by atoms with Gasteiger partial charge in [0.1, 0.15) is 6.61 Å². The summed E-state index contributed by atoms with van der Waals surface area (Å²) in [5, 5.41) is 2.59. The normalized spacial score (nSPS) is 13.6. The van der Waals surface area contributed by atoms with Crippen LogP contribution in [-0.2, 0) is 32.5 Å². The van der Waals surface area contributed by atoms with E-state index in [2.05, 4.69) is 93.3 Å². The first kappa shape index (κ1) is 33.6. The fourth-order valence-corrected chi connectivity index (χ4v) is 4.37. The van der Waals surface area contributed by atoms with Gasteiger partial charge in [-0.25, -0.2) is 0 Å². The number of rotatable bonds is 6. The number of hydrogen-bond donors (Lipinski definition) is 0. The zero-order chi connectivity index (χ0) is 20.1. The molecule has 32 heavy (non-hydrogen) atoms. The van der Waals surface area contributed by atoms with Crippen molar-refractivity contribution in [2.75, 3.05) is 13.2 Å². The Morgan fingerprint density at radius 1 is 0.906 bits per heavy atom. The van der Waals surface area contributed by atoms with E-state index in [-0.39, 0.29) is 45.6 Å². The molecule has 3 aromatic carbocycles. The first-order valence-electron chi connectivity index (χ1n) is 9.49. The molecule has 2 nitrogen and oxygen atoms in total. The van der Waals surface area contributed by atoms with E-state index in [1.165, 1.54) is 50.8 Å². The Morgan fingerprint density at radius 2 is 1.53 bits per heavy atom. The molecule has 1 atom stereocenters. The summed E-state index contributed by atoms with van der Waals surface area (Å²) < 4.78 is 12.2. The van der Waals surface area contributed by atoms with Gasteiger partial charge in [0, 0.05) is 5.92 Å². The van der Waals surface area contributed by atoms with Crippen LogP contribution in [0.2, 0.25) is 19.6 Å². The molecule has 0 spiro atoms. The minimum absolute atomic E-state index is 0. The average molecular weight is 584 g/mol. The quantitative estimate of drug-likeness (QED) is 0.173. The molecule has 0 bridgehead atoms. The van der Waals surface area contributed by atoms with Gasteiger partial charge in [-0.2, -0.15) is 6.07 Å². The molecular formula is C25H33Cl2O2Si2Zr-3. The summed E-state index contributed by atoms with van der Waals surface area (Å²) in [6.45, 7) is 10.9. The first-order chi connectivity index (χ1) is 13.5. The van der Waals surface area contributed by atoms with Crippen molar-refractivity contribution in [3.63, 3.8) is 0 Å². The van der Waals surface area contributed by atoms with Crippen LogP contribution in [0, 0.1) is 14.9 Å². The van der Waals surface area contributed by atoms with Gasteiger partial charge >= 0.3 is 30.2 Å². The fourth-order valence-electron chi connectivity index (χ4n) is 3.67. The second-order valence-electron chi connectivity index (χ2n) is 7.79. The van der Waals surface area contributed by atoms with Crippen molar-refractivity contribution in [3.05, 3.63) is 98.0 Å². The number of benzene rings is 2. The molecule has 1 unspecified atom stereocenters. The summed E-state index contributed by atoms with van der Waals surface area (Å²) in [5.41, 5.74) is 3.90. The van der Waals surface area contributed by atoms with Gasteiger partial charge in [0.05, 0.1) is 12.4 Å². The van der Waals surface area contributed by atoms with Crippen LogP contribution in [0.25, 0.3) is 16.8 Å². The predicted molar refractivity (Wildman–Crippen MR) is 144 cm³/mol. The van der Waals surface area contributed by atoms with Crippen LogP contribution in [0.4, 0.5) is 0 Å². The maximum atomic E-state index is 6.22. The number of hydrogen-bond acceptors (Lipinski definition) is 2. The predicted octanol–water partition coefficient (Wildman–Crippen LogP) is 7.27. The summed E-state index contributed by atoms with van der Waals surface area (Å²) in [7, 11) is -1.50. The van der Waals surface area contributed by atoms with Gasteiger partial charge in [-0.05, 0) is 36.8 Å². The van der Waals surface area contributed by atoms with Crippen LogP contribution >= 0.6 is 24.8 Å². The standard InChI is InChI=1S/C23H25O2Si.2CH3.2ClH.Si.Zr/c1-26(2,3)25-15-14-24-22-16-18-9-5-7-11-20(18)23(22)21-13-12-17-8-4-6-10-19(17)21;;;;;;/h4-13,16,23H,14-15H2,1-3H3;2*1H3;2*1H;;/q3*-1;;;;. The van der Waals surface area contributed by atoms with Gasteiger partial charge < -0.3 is 24.0 Å². The first-order valence-corrected chi connectivity index (χ1v) is 17.1. The Balaban J connectivity index is 0. The molecule has 0 fully saturated rings. The maximum absolute atomic E-state index is 6.22. The Labute approximate surface area is 224 Å². The number of allylic oxidation sites excluding steroid dienone is 1. The molecule has 174 valence electrons. The zero-order valence-electron chi connectivity index (χ0n) is 19.5. The SMILES string of the molecule is C[Si](C)(C)OCCOC1=Cc2ccccc2C1[c-]1ccc2ccccc21.Cl.Cl.[CH3-].[CH3-].[Si]=[Zr]. The van der Waals surface area contributed by atoms with Gasteiger partial charge in [-0.15, -0.1) is 65.4 Å².